The molecule has 2 aromatic rings. The van der Waals surface area contributed by atoms with Crippen LogP contribution in [-0.2, 0) is 6.42 Å². The summed E-state index contributed by atoms with van der Waals surface area (Å²) < 4.78 is 13.3. The molecule has 0 bridgehead atoms. The summed E-state index contributed by atoms with van der Waals surface area (Å²) in [6, 6.07) is 6.40. The van der Waals surface area contributed by atoms with Crippen molar-refractivity contribution in [3.05, 3.63) is 41.5 Å². The van der Waals surface area contributed by atoms with Crippen molar-refractivity contribution < 1.29 is 4.39 Å². The molecule has 2 N–H and O–H groups in total. The van der Waals surface area contributed by atoms with E-state index < -0.39 is 0 Å². The summed E-state index contributed by atoms with van der Waals surface area (Å²) in [5.41, 5.74) is 7.48. The largest absolute Gasteiger partial charge is 0.383 e. The van der Waals surface area contributed by atoms with Crippen molar-refractivity contribution in [2.75, 3.05) is 17.7 Å². The van der Waals surface area contributed by atoms with Crippen molar-refractivity contribution >= 4 is 17.3 Å². The van der Waals surface area contributed by atoms with Crippen LogP contribution >= 0.6 is 0 Å². The van der Waals surface area contributed by atoms with Gasteiger partial charge in [-0.05, 0) is 31.5 Å². The summed E-state index contributed by atoms with van der Waals surface area (Å²) in [4.78, 5) is 10.7. The number of hydrogen-bond acceptors (Lipinski definition) is 4. The Labute approximate surface area is 118 Å². The fourth-order valence-corrected chi connectivity index (χ4v) is 2.04. The van der Waals surface area contributed by atoms with Crippen LogP contribution in [0.2, 0.25) is 0 Å². The third-order valence-corrected chi connectivity index (χ3v) is 3.19. The number of hydrogen-bond donors (Lipinski definition) is 1. The number of halogens is 1. The number of benzene rings is 1. The number of nitrogens with two attached hydrogens (primary N) is 1. The van der Waals surface area contributed by atoms with Gasteiger partial charge in [-0.3, -0.25) is 0 Å². The van der Waals surface area contributed by atoms with Gasteiger partial charge in [-0.25, -0.2) is 14.4 Å². The van der Waals surface area contributed by atoms with Gasteiger partial charge in [0.05, 0.1) is 0 Å². The molecule has 20 heavy (non-hydrogen) atoms. The van der Waals surface area contributed by atoms with E-state index in [1.165, 1.54) is 12.1 Å². The Hall–Kier alpha value is -2.17. The first-order valence-corrected chi connectivity index (χ1v) is 6.65. The van der Waals surface area contributed by atoms with E-state index >= 15 is 0 Å². The highest BCUT2D eigenvalue weighted by Crippen LogP contribution is 2.27. The Morgan fingerprint density at radius 1 is 1.30 bits per heavy atom. The van der Waals surface area contributed by atoms with Crippen LogP contribution in [-0.4, -0.2) is 17.0 Å². The van der Waals surface area contributed by atoms with Gasteiger partial charge in [-0.1, -0.05) is 13.0 Å². The van der Waals surface area contributed by atoms with E-state index in [4.69, 9.17) is 5.73 Å². The second-order valence-electron chi connectivity index (χ2n) is 4.76. The molecular formula is C15H19FN4. The van der Waals surface area contributed by atoms with Crippen molar-refractivity contribution in [2.24, 2.45) is 0 Å². The van der Waals surface area contributed by atoms with E-state index in [9.17, 15) is 4.39 Å². The van der Waals surface area contributed by atoms with Crippen molar-refractivity contribution in [1.82, 2.24) is 9.97 Å². The monoisotopic (exact) mass is 274 g/mol. The third-order valence-electron chi connectivity index (χ3n) is 3.19. The number of aryl methyl sites for hydroxylation is 1. The Morgan fingerprint density at radius 2 is 2.05 bits per heavy atom. The van der Waals surface area contributed by atoms with Gasteiger partial charge in [-0.2, -0.15) is 0 Å². The van der Waals surface area contributed by atoms with Crippen LogP contribution < -0.4 is 10.6 Å². The zero-order chi connectivity index (χ0) is 14.7. The lowest BCUT2D eigenvalue weighted by atomic mass is 10.2. The molecule has 0 saturated heterocycles. The predicted octanol–water partition coefficient (Wildman–Crippen LogP) is 3.23. The lowest BCUT2D eigenvalue weighted by molar-refractivity contribution is 0.628. The maximum Gasteiger partial charge on any atom is 0.141 e. The molecule has 0 amide bonds. The second kappa shape index (κ2) is 5.86. The lowest BCUT2D eigenvalue weighted by Crippen LogP contribution is -2.16. The van der Waals surface area contributed by atoms with E-state index in [1.807, 2.05) is 24.9 Å². The topological polar surface area (TPSA) is 55.0 Å². The van der Waals surface area contributed by atoms with Crippen LogP contribution in [0.3, 0.4) is 0 Å². The minimum atomic E-state index is -0.275. The molecule has 0 aliphatic heterocycles. The highest BCUT2D eigenvalue weighted by molar-refractivity contribution is 5.65. The molecule has 106 valence electrons. The fourth-order valence-electron chi connectivity index (χ4n) is 2.04. The summed E-state index contributed by atoms with van der Waals surface area (Å²) in [5.74, 6) is 1.63. The summed E-state index contributed by atoms with van der Waals surface area (Å²) >= 11 is 0. The molecule has 2 rings (SSSR count). The molecule has 0 atom stereocenters. The van der Waals surface area contributed by atoms with Gasteiger partial charge < -0.3 is 10.6 Å². The highest BCUT2D eigenvalue weighted by Gasteiger charge is 2.14. The number of aromatic nitrogens is 2. The fraction of sp³-hybridized carbons (Fsp3) is 0.333. The molecule has 1 aromatic carbocycles. The first-order valence-electron chi connectivity index (χ1n) is 6.65. The predicted molar refractivity (Wildman–Crippen MR) is 79.6 cm³/mol. The maximum atomic E-state index is 13.3. The van der Waals surface area contributed by atoms with E-state index in [0.29, 0.717) is 17.5 Å². The molecule has 0 fully saturated rings. The summed E-state index contributed by atoms with van der Waals surface area (Å²) in [7, 11) is 1.85. The van der Waals surface area contributed by atoms with Gasteiger partial charge in [0.1, 0.15) is 23.3 Å². The van der Waals surface area contributed by atoms with Crippen LogP contribution in [0.15, 0.2) is 24.3 Å². The number of anilines is 3. The van der Waals surface area contributed by atoms with Gasteiger partial charge >= 0.3 is 0 Å². The molecule has 0 saturated carbocycles. The Morgan fingerprint density at radius 3 is 2.70 bits per heavy atom. The number of nitrogens with zero attached hydrogens (tertiary/aromatic N) is 3. The normalized spacial score (nSPS) is 10.6. The summed E-state index contributed by atoms with van der Waals surface area (Å²) in [5, 5.41) is 0. The molecule has 0 unspecified atom stereocenters. The van der Waals surface area contributed by atoms with Crippen molar-refractivity contribution in [3.63, 3.8) is 0 Å². The zero-order valence-electron chi connectivity index (χ0n) is 12.0. The minimum absolute atomic E-state index is 0.275. The van der Waals surface area contributed by atoms with Crippen LogP contribution in [0.4, 0.5) is 21.7 Å². The molecule has 0 spiro atoms. The maximum absolute atomic E-state index is 13.3. The molecular weight excluding hydrogens is 255 g/mol. The van der Waals surface area contributed by atoms with Gasteiger partial charge in [0.15, 0.2) is 0 Å². The first-order chi connectivity index (χ1) is 9.52. The number of nitrogen functional groups attached to an aromatic ring is 1. The van der Waals surface area contributed by atoms with E-state index in [-0.39, 0.29) is 5.82 Å². The Bertz CT molecular complexity index is 613. The van der Waals surface area contributed by atoms with E-state index in [2.05, 4.69) is 16.9 Å². The van der Waals surface area contributed by atoms with E-state index in [0.717, 1.165) is 24.1 Å². The molecule has 0 aliphatic carbocycles. The van der Waals surface area contributed by atoms with Crippen LogP contribution in [0, 0.1) is 12.7 Å². The second-order valence-corrected chi connectivity index (χ2v) is 4.76. The van der Waals surface area contributed by atoms with Crippen LogP contribution in [0.5, 0.6) is 0 Å². The zero-order valence-corrected chi connectivity index (χ0v) is 12.0. The van der Waals surface area contributed by atoms with Gasteiger partial charge in [-0.15, -0.1) is 0 Å². The van der Waals surface area contributed by atoms with Crippen molar-refractivity contribution in [2.45, 2.75) is 26.7 Å². The standard InChI is InChI=1S/C15H19FN4/c1-4-6-13-18-14(17)10(2)15(19-13)20(3)12-8-5-7-11(16)9-12/h5,7-9H,4,6H2,1-3H3,(H2,17,18,19). The molecule has 4 nitrogen and oxygen atoms in total. The third kappa shape index (κ3) is 2.87. The minimum Gasteiger partial charge on any atom is -0.383 e. The number of rotatable bonds is 4. The highest BCUT2D eigenvalue weighted by atomic mass is 19.1. The molecule has 5 heteroatoms. The molecule has 0 radical (unpaired) electrons. The van der Waals surface area contributed by atoms with E-state index in [1.54, 1.807) is 6.07 Å². The van der Waals surface area contributed by atoms with Gasteiger partial charge in [0.2, 0.25) is 0 Å². The van der Waals surface area contributed by atoms with Gasteiger partial charge in [0, 0.05) is 24.7 Å². The Balaban J connectivity index is 2.45. The smallest absolute Gasteiger partial charge is 0.141 e. The molecule has 1 heterocycles. The van der Waals surface area contributed by atoms with Gasteiger partial charge in [0.25, 0.3) is 0 Å². The average molecular weight is 274 g/mol. The summed E-state index contributed by atoms with van der Waals surface area (Å²) in [6.45, 7) is 3.94. The quantitative estimate of drug-likeness (QED) is 0.930. The van der Waals surface area contributed by atoms with Crippen LogP contribution in [0.1, 0.15) is 24.7 Å². The molecule has 1 aromatic heterocycles. The Kier molecular flexibility index (Phi) is 4.17. The van der Waals surface area contributed by atoms with Crippen molar-refractivity contribution in [3.8, 4) is 0 Å². The molecule has 0 aliphatic rings. The lowest BCUT2D eigenvalue weighted by Gasteiger charge is -2.21. The average Bonchev–Trinajstić information content (AvgIpc) is 2.42. The first kappa shape index (κ1) is 14.2. The van der Waals surface area contributed by atoms with Crippen LogP contribution in [0.25, 0.3) is 0 Å². The SMILES string of the molecule is CCCc1nc(N)c(C)c(N(C)c2cccc(F)c2)n1. The summed E-state index contributed by atoms with van der Waals surface area (Å²) in [6.07, 6.45) is 1.72. The van der Waals surface area contributed by atoms with Crippen molar-refractivity contribution in [1.29, 1.82) is 0 Å².